The predicted molar refractivity (Wildman–Crippen MR) is 85.6 cm³/mol. The minimum Gasteiger partial charge on any atom is -0.369 e. The third-order valence-corrected chi connectivity index (χ3v) is 4.21. The molecule has 1 aromatic carbocycles. The van der Waals surface area contributed by atoms with Crippen LogP contribution in [-0.4, -0.2) is 5.91 Å². The van der Waals surface area contributed by atoms with Gasteiger partial charge >= 0.3 is 0 Å². The summed E-state index contributed by atoms with van der Waals surface area (Å²) in [5.41, 5.74) is 6.46. The van der Waals surface area contributed by atoms with E-state index in [-0.39, 0.29) is 5.91 Å². The number of primary amides is 1. The predicted octanol–water partition coefficient (Wildman–Crippen LogP) is 4.57. The summed E-state index contributed by atoms with van der Waals surface area (Å²) in [4.78, 5) is 12.2. The molecule has 0 aliphatic carbocycles. The summed E-state index contributed by atoms with van der Waals surface area (Å²) in [7, 11) is 0. The second-order valence-electron chi connectivity index (χ2n) is 5.73. The van der Waals surface area contributed by atoms with Gasteiger partial charge in [0.15, 0.2) is 0 Å². The molecule has 0 fully saturated rings. The molecule has 0 saturated carbocycles. The lowest BCUT2D eigenvalue weighted by atomic mass is 9.72. The number of benzene rings is 1. The molecule has 0 bridgehead atoms. The second kappa shape index (κ2) is 8.78. The molecule has 0 aromatic heterocycles. The zero-order valence-electron chi connectivity index (χ0n) is 13.0. The highest BCUT2D eigenvalue weighted by Gasteiger charge is 2.37. The number of nitrogens with two attached hydrogens (primary N) is 1. The van der Waals surface area contributed by atoms with Crippen molar-refractivity contribution in [1.82, 2.24) is 0 Å². The van der Waals surface area contributed by atoms with Crippen molar-refractivity contribution in [3.8, 4) is 0 Å². The van der Waals surface area contributed by atoms with Crippen molar-refractivity contribution in [3.63, 3.8) is 0 Å². The van der Waals surface area contributed by atoms with E-state index in [0.29, 0.717) is 0 Å². The van der Waals surface area contributed by atoms with E-state index in [1.807, 2.05) is 18.2 Å². The van der Waals surface area contributed by atoms with Gasteiger partial charge in [-0.15, -0.1) is 0 Å². The third-order valence-electron chi connectivity index (χ3n) is 4.21. The second-order valence-corrected chi connectivity index (χ2v) is 5.73. The first kappa shape index (κ1) is 16.7. The van der Waals surface area contributed by atoms with Crippen LogP contribution in [0.15, 0.2) is 30.3 Å². The van der Waals surface area contributed by atoms with Crippen molar-refractivity contribution in [2.45, 2.75) is 70.6 Å². The van der Waals surface area contributed by atoms with E-state index in [1.54, 1.807) is 0 Å². The number of carbonyl (C=O) groups excluding carboxylic acids is 1. The van der Waals surface area contributed by atoms with Gasteiger partial charge in [0.25, 0.3) is 0 Å². The van der Waals surface area contributed by atoms with Crippen LogP contribution < -0.4 is 5.73 Å². The van der Waals surface area contributed by atoms with Gasteiger partial charge in [-0.1, -0.05) is 82.7 Å². The van der Waals surface area contributed by atoms with E-state index in [2.05, 4.69) is 26.0 Å². The third kappa shape index (κ3) is 4.36. The normalized spacial score (nSPS) is 11.5. The number of unbranched alkanes of at least 4 members (excludes halogenated alkanes) is 4. The van der Waals surface area contributed by atoms with E-state index in [1.165, 1.54) is 12.8 Å². The van der Waals surface area contributed by atoms with Crippen LogP contribution >= 0.6 is 0 Å². The maximum absolute atomic E-state index is 12.2. The average Bonchev–Trinajstić information content (AvgIpc) is 2.46. The molecule has 0 aliphatic heterocycles. The number of hydrogen-bond acceptors (Lipinski definition) is 1. The Morgan fingerprint density at radius 1 is 0.950 bits per heavy atom. The van der Waals surface area contributed by atoms with Crippen molar-refractivity contribution in [1.29, 1.82) is 0 Å². The van der Waals surface area contributed by atoms with Gasteiger partial charge in [0.2, 0.25) is 5.91 Å². The van der Waals surface area contributed by atoms with Crippen LogP contribution in [0, 0.1) is 0 Å². The molecule has 1 amide bonds. The van der Waals surface area contributed by atoms with Gasteiger partial charge in [0.05, 0.1) is 5.41 Å². The largest absolute Gasteiger partial charge is 0.369 e. The standard InChI is InChI=1S/C18H29NO/c1-3-5-10-14-18(17(19)20,15-11-6-4-2)16-12-8-7-9-13-16/h7-9,12-13H,3-6,10-11,14-15H2,1-2H3,(H2,19,20). The number of hydrogen-bond donors (Lipinski definition) is 1. The summed E-state index contributed by atoms with van der Waals surface area (Å²) in [6, 6.07) is 10.1. The Morgan fingerprint density at radius 2 is 1.45 bits per heavy atom. The highest BCUT2D eigenvalue weighted by atomic mass is 16.1. The summed E-state index contributed by atoms with van der Waals surface area (Å²) in [6.45, 7) is 4.37. The monoisotopic (exact) mass is 275 g/mol. The highest BCUT2D eigenvalue weighted by molar-refractivity contribution is 5.86. The van der Waals surface area contributed by atoms with Gasteiger partial charge in [-0.05, 0) is 18.4 Å². The molecule has 0 spiro atoms. The molecule has 1 rings (SSSR count). The summed E-state index contributed by atoms with van der Waals surface area (Å²) in [6.07, 6.45) is 8.55. The van der Waals surface area contributed by atoms with E-state index >= 15 is 0 Å². The van der Waals surface area contributed by atoms with Crippen molar-refractivity contribution in [3.05, 3.63) is 35.9 Å². The molecule has 0 atom stereocenters. The molecular weight excluding hydrogens is 246 g/mol. The molecule has 0 heterocycles. The van der Waals surface area contributed by atoms with Crippen molar-refractivity contribution in [2.24, 2.45) is 5.73 Å². The van der Waals surface area contributed by atoms with Gasteiger partial charge in [-0.25, -0.2) is 0 Å². The Kier molecular flexibility index (Phi) is 7.35. The smallest absolute Gasteiger partial charge is 0.228 e. The van der Waals surface area contributed by atoms with Gasteiger partial charge in [0.1, 0.15) is 0 Å². The molecule has 2 nitrogen and oxygen atoms in total. The first-order valence-corrected chi connectivity index (χ1v) is 8.02. The van der Waals surface area contributed by atoms with Crippen molar-refractivity contribution in [2.75, 3.05) is 0 Å². The minimum atomic E-state index is -0.467. The number of carbonyl (C=O) groups is 1. The van der Waals surface area contributed by atoms with Crippen LogP contribution in [0.25, 0.3) is 0 Å². The fourth-order valence-electron chi connectivity index (χ4n) is 2.91. The summed E-state index contributed by atoms with van der Waals surface area (Å²) < 4.78 is 0. The van der Waals surface area contributed by atoms with Crippen molar-refractivity contribution < 1.29 is 4.79 Å². The van der Waals surface area contributed by atoms with Gasteiger partial charge in [0, 0.05) is 0 Å². The van der Waals surface area contributed by atoms with Crippen LogP contribution in [0.1, 0.15) is 70.8 Å². The maximum Gasteiger partial charge on any atom is 0.228 e. The van der Waals surface area contributed by atoms with Crippen LogP contribution in [0.4, 0.5) is 0 Å². The molecule has 2 heteroatoms. The van der Waals surface area contributed by atoms with Crippen LogP contribution in [0.2, 0.25) is 0 Å². The van der Waals surface area contributed by atoms with Gasteiger partial charge in [-0.3, -0.25) is 4.79 Å². The Balaban J connectivity index is 2.96. The molecule has 0 saturated heterocycles. The molecule has 2 N–H and O–H groups in total. The zero-order valence-corrected chi connectivity index (χ0v) is 13.0. The first-order valence-electron chi connectivity index (χ1n) is 8.02. The minimum absolute atomic E-state index is 0.157. The highest BCUT2D eigenvalue weighted by Crippen LogP contribution is 2.35. The average molecular weight is 275 g/mol. The van der Waals surface area contributed by atoms with E-state index in [9.17, 15) is 4.79 Å². The molecule has 0 unspecified atom stereocenters. The number of amides is 1. The lowest BCUT2D eigenvalue weighted by Crippen LogP contribution is -2.41. The van der Waals surface area contributed by atoms with Gasteiger partial charge < -0.3 is 5.73 Å². The quantitative estimate of drug-likeness (QED) is 0.624. The number of rotatable bonds is 10. The SMILES string of the molecule is CCCCCC(CCCCC)(C(N)=O)c1ccccc1. The molecule has 1 aromatic rings. The fourth-order valence-corrected chi connectivity index (χ4v) is 2.91. The van der Waals surface area contributed by atoms with E-state index in [4.69, 9.17) is 5.73 Å². The van der Waals surface area contributed by atoms with Crippen LogP contribution in [0.5, 0.6) is 0 Å². The van der Waals surface area contributed by atoms with Crippen LogP contribution in [-0.2, 0) is 10.2 Å². The van der Waals surface area contributed by atoms with Crippen LogP contribution in [0.3, 0.4) is 0 Å². The Morgan fingerprint density at radius 3 is 1.85 bits per heavy atom. The van der Waals surface area contributed by atoms with Gasteiger partial charge in [-0.2, -0.15) is 0 Å². The molecule has 20 heavy (non-hydrogen) atoms. The van der Waals surface area contributed by atoms with E-state index < -0.39 is 5.41 Å². The first-order chi connectivity index (χ1) is 9.67. The molecule has 0 radical (unpaired) electrons. The van der Waals surface area contributed by atoms with Crippen molar-refractivity contribution >= 4 is 5.91 Å². The molecule has 112 valence electrons. The Labute approximate surface area is 123 Å². The summed E-state index contributed by atoms with van der Waals surface area (Å²) in [5, 5.41) is 0. The fraction of sp³-hybridized carbons (Fsp3) is 0.611. The summed E-state index contributed by atoms with van der Waals surface area (Å²) >= 11 is 0. The van der Waals surface area contributed by atoms with E-state index in [0.717, 1.165) is 44.1 Å². The maximum atomic E-state index is 12.2. The topological polar surface area (TPSA) is 43.1 Å². The molecular formula is C18H29NO. The summed E-state index contributed by atoms with van der Waals surface area (Å²) in [5.74, 6) is -0.157. The molecule has 0 aliphatic rings. The Hall–Kier alpha value is -1.31. The zero-order chi connectivity index (χ0) is 14.8. The lowest BCUT2D eigenvalue weighted by molar-refractivity contribution is -0.124. The Bertz CT molecular complexity index is 376. The lowest BCUT2D eigenvalue weighted by Gasteiger charge is -2.31.